The number of nitrogens with one attached hydrogen (secondary N) is 1. The molecule has 0 atom stereocenters. The Morgan fingerprint density at radius 3 is 2.78 bits per heavy atom. The lowest BCUT2D eigenvalue weighted by molar-refractivity contribution is 0.102. The van der Waals surface area contributed by atoms with Crippen molar-refractivity contribution in [3.63, 3.8) is 0 Å². The van der Waals surface area contributed by atoms with Gasteiger partial charge in [0.15, 0.2) is 0 Å². The lowest BCUT2D eigenvalue weighted by Crippen LogP contribution is -2.13. The fourth-order valence-corrected chi connectivity index (χ4v) is 1.60. The second-order valence-corrected chi connectivity index (χ2v) is 3.88. The maximum atomic E-state index is 12.0. The molecule has 0 radical (unpaired) electrons. The summed E-state index contributed by atoms with van der Waals surface area (Å²) in [5.74, 6) is -0.261. The van der Waals surface area contributed by atoms with Gasteiger partial charge in [0.1, 0.15) is 6.07 Å². The van der Waals surface area contributed by atoms with E-state index >= 15 is 0 Å². The Bertz CT molecular complexity index is 637. The van der Waals surface area contributed by atoms with E-state index in [0.29, 0.717) is 16.8 Å². The molecular formula is C13H12N4O. The van der Waals surface area contributed by atoms with E-state index in [1.165, 1.54) is 6.20 Å². The topological polar surface area (TPSA) is 70.7 Å². The van der Waals surface area contributed by atoms with Gasteiger partial charge in [-0.3, -0.25) is 9.48 Å². The SMILES string of the molecule is Cc1c(C(=O)Nc2ccccc2C#N)cnn1C. The van der Waals surface area contributed by atoms with Crippen molar-refractivity contribution in [2.75, 3.05) is 5.32 Å². The van der Waals surface area contributed by atoms with Crippen LogP contribution in [0.25, 0.3) is 0 Å². The fourth-order valence-electron chi connectivity index (χ4n) is 1.60. The molecule has 0 unspecified atom stereocenters. The van der Waals surface area contributed by atoms with Crippen molar-refractivity contribution in [1.82, 2.24) is 9.78 Å². The van der Waals surface area contributed by atoms with E-state index < -0.39 is 0 Å². The van der Waals surface area contributed by atoms with Crippen LogP contribution in [0.4, 0.5) is 5.69 Å². The normalized spacial score (nSPS) is 9.83. The van der Waals surface area contributed by atoms with Crippen LogP contribution in [0.5, 0.6) is 0 Å². The molecule has 0 aliphatic rings. The summed E-state index contributed by atoms with van der Waals surface area (Å²) in [6.45, 7) is 1.82. The Labute approximate surface area is 105 Å². The molecule has 1 aromatic carbocycles. The molecule has 18 heavy (non-hydrogen) atoms. The van der Waals surface area contributed by atoms with E-state index in [9.17, 15) is 4.79 Å². The average molecular weight is 240 g/mol. The molecule has 90 valence electrons. The second-order valence-electron chi connectivity index (χ2n) is 3.88. The molecule has 0 aliphatic carbocycles. The molecule has 2 rings (SSSR count). The third-order valence-corrected chi connectivity index (χ3v) is 2.78. The number of rotatable bonds is 2. The van der Waals surface area contributed by atoms with Crippen LogP contribution < -0.4 is 5.32 Å². The number of amides is 1. The molecule has 1 aromatic heterocycles. The summed E-state index contributed by atoms with van der Waals surface area (Å²) in [5.41, 5.74) is 2.23. The molecule has 1 heterocycles. The second kappa shape index (κ2) is 4.72. The Hall–Kier alpha value is -2.61. The fraction of sp³-hybridized carbons (Fsp3) is 0.154. The highest BCUT2D eigenvalue weighted by Gasteiger charge is 2.14. The zero-order chi connectivity index (χ0) is 13.1. The van der Waals surface area contributed by atoms with E-state index in [1.54, 1.807) is 36.0 Å². The summed E-state index contributed by atoms with van der Waals surface area (Å²) in [6.07, 6.45) is 1.51. The molecule has 5 heteroatoms. The van der Waals surface area contributed by atoms with Crippen LogP contribution in [-0.4, -0.2) is 15.7 Å². The minimum atomic E-state index is -0.261. The minimum Gasteiger partial charge on any atom is -0.321 e. The first-order chi connectivity index (χ1) is 8.63. The van der Waals surface area contributed by atoms with Crippen molar-refractivity contribution in [1.29, 1.82) is 5.26 Å². The zero-order valence-electron chi connectivity index (χ0n) is 10.1. The summed E-state index contributed by atoms with van der Waals surface area (Å²) in [6, 6.07) is 8.92. The summed E-state index contributed by atoms with van der Waals surface area (Å²) in [7, 11) is 1.77. The molecule has 0 spiro atoms. The van der Waals surface area contributed by atoms with E-state index in [1.807, 2.05) is 13.0 Å². The number of carbonyl (C=O) groups is 1. The van der Waals surface area contributed by atoms with E-state index in [2.05, 4.69) is 10.4 Å². The molecule has 0 bridgehead atoms. The van der Waals surface area contributed by atoms with Gasteiger partial charge in [0.25, 0.3) is 5.91 Å². The van der Waals surface area contributed by atoms with Crippen molar-refractivity contribution in [2.24, 2.45) is 7.05 Å². The Morgan fingerprint density at radius 1 is 1.44 bits per heavy atom. The van der Waals surface area contributed by atoms with Gasteiger partial charge in [0.2, 0.25) is 0 Å². The van der Waals surface area contributed by atoms with Crippen LogP contribution in [0.15, 0.2) is 30.5 Å². The number of benzene rings is 1. The van der Waals surface area contributed by atoms with Gasteiger partial charge < -0.3 is 5.32 Å². The summed E-state index contributed by atoms with van der Waals surface area (Å²) < 4.78 is 1.63. The molecule has 0 aliphatic heterocycles. The predicted molar refractivity (Wildman–Crippen MR) is 67.1 cm³/mol. The Kier molecular flexibility index (Phi) is 3.11. The van der Waals surface area contributed by atoms with Crippen LogP contribution in [0.1, 0.15) is 21.6 Å². The van der Waals surface area contributed by atoms with Gasteiger partial charge in [-0.1, -0.05) is 12.1 Å². The smallest absolute Gasteiger partial charge is 0.259 e. The number of aryl methyl sites for hydroxylation is 1. The number of carbonyl (C=O) groups excluding carboxylic acids is 1. The highest BCUT2D eigenvalue weighted by molar-refractivity contribution is 6.05. The highest BCUT2D eigenvalue weighted by Crippen LogP contribution is 2.15. The van der Waals surface area contributed by atoms with Gasteiger partial charge in [-0.05, 0) is 19.1 Å². The highest BCUT2D eigenvalue weighted by atomic mass is 16.1. The zero-order valence-corrected chi connectivity index (χ0v) is 10.1. The van der Waals surface area contributed by atoms with Crippen molar-refractivity contribution in [3.05, 3.63) is 47.3 Å². The van der Waals surface area contributed by atoms with E-state index in [0.717, 1.165) is 5.69 Å². The van der Waals surface area contributed by atoms with Crippen molar-refractivity contribution < 1.29 is 4.79 Å². The maximum Gasteiger partial charge on any atom is 0.259 e. The van der Waals surface area contributed by atoms with Crippen molar-refractivity contribution in [3.8, 4) is 6.07 Å². The summed E-state index contributed by atoms with van der Waals surface area (Å²) in [4.78, 5) is 12.0. The van der Waals surface area contributed by atoms with Crippen LogP contribution in [-0.2, 0) is 7.05 Å². The van der Waals surface area contributed by atoms with Crippen LogP contribution in [0.2, 0.25) is 0 Å². The van der Waals surface area contributed by atoms with Gasteiger partial charge in [-0.15, -0.1) is 0 Å². The Morgan fingerprint density at radius 2 is 2.17 bits per heavy atom. The van der Waals surface area contributed by atoms with Gasteiger partial charge in [-0.2, -0.15) is 10.4 Å². The van der Waals surface area contributed by atoms with Gasteiger partial charge in [0.05, 0.1) is 23.0 Å². The summed E-state index contributed by atoms with van der Waals surface area (Å²) in [5, 5.41) is 15.7. The number of aromatic nitrogens is 2. The first-order valence-electron chi connectivity index (χ1n) is 5.42. The molecule has 0 saturated carbocycles. The number of hydrogen-bond donors (Lipinski definition) is 1. The number of para-hydroxylation sites is 1. The molecule has 1 amide bonds. The third kappa shape index (κ3) is 2.09. The van der Waals surface area contributed by atoms with Crippen molar-refractivity contribution >= 4 is 11.6 Å². The number of nitrogens with zero attached hydrogens (tertiary/aromatic N) is 3. The molecule has 5 nitrogen and oxygen atoms in total. The minimum absolute atomic E-state index is 0.261. The van der Waals surface area contributed by atoms with Crippen LogP contribution in [0.3, 0.4) is 0 Å². The molecule has 0 saturated heterocycles. The van der Waals surface area contributed by atoms with E-state index in [-0.39, 0.29) is 5.91 Å². The number of nitriles is 1. The van der Waals surface area contributed by atoms with Crippen molar-refractivity contribution in [2.45, 2.75) is 6.92 Å². The monoisotopic (exact) mass is 240 g/mol. The molecule has 0 fully saturated rings. The van der Waals surface area contributed by atoms with E-state index in [4.69, 9.17) is 5.26 Å². The lowest BCUT2D eigenvalue weighted by Gasteiger charge is -2.06. The largest absolute Gasteiger partial charge is 0.321 e. The maximum absolute atomic E-state index is 12.0. The Balaban J connectivity index is 2.28. The standard InChI is InChI=1S/C13H12N4O/c1-9-11(8-15-17(9)2)13(18)16-12-6-4-3-5-10(12)7-14/h3-6,8H,1-2H3,(H,16,18). The number of anilines is 1. The molecule has 2 aromatic rings. The van der Waals surface area contributed by atoms with Crippen LogP contribution >= 0.6 is 0 Å². The van der Waals surface area contributed by atoms with Gasteiger partial charge in [-0.25, -0.2) is 0 Å². The van der Waals surface area contributed by atoms with Crippen LogP contribution in [0, 0.1) is 18.3 Å². The third-order valence-electron chi connectivity index (χ3n) is 2.78. The average Bonchev–Trinajstić information content (AvgIpc) is 2.71. The summed E-state index contributed by atoms with van der Waals surface area (Å²) >= 11 is 0. The first-order valence-corrected chi connectivity index (χ1v) is 5.42. The quantitative estimate of drug-likeness (QED) is 0.870. The van der Waals surface area contributed by atoms with Gasteiger partial charge >= 0.3 is 0 Å². The lowest BCUT2D eigenvalue weighted by atomic mass is 10.2. The first kappa shape index (κ1) is 11.9. The van der Waals surface area contributed by atoms with Gasteiger partial charge in [0, 0.05) is 12.7 Å². The predicted octanol–water partition coefficient (Wildman–Crippen LogP) is 1.85. The molecule has 1 N–H and O–H groups in total. The molecular weight excluding hydrogens is 228 g/mol. The number of hydrogen-bond acceptors (Lipinski definition) is 3.